The van der Waals surface area contributed by atoms with Gasteiger partial charge in [0, 0.05) is 12.5 Å². The van der Waals surface area contributed by atoms with Crippen LogP contribution in [0.2, 0.25) is 5.02 Å². The van der Waals surface area contributed by atoms with E-state index in [1.165, 1.54) is 0 Å². The number of nitrogens with zero attached hydrogens (tertiary/aromatic N) is 1. The highest BCUT2D eigenvalue weighted by Crippen LogP contribution is 2.33. The van der Waals surface area contributed by atoms with Crippen LogP contribution in [0.25, 0.3) is 0 Å². The Balaban J connectivity index is 1.90. The van der Waals surface area contributed by atoms with Gasteiger partial charge in [0.25, 0.3) is 11.7 Å². The number of hydrogen-bond acceptors (Lipinski definition) is 4. The predicted octanol–water partition coefficient (Wildman–Crippen LogP) is 1.61. The molecule has 0 aliphatic carbocycles. The van der Waals surface area contributed by atoms with E-state index in [0.717, 1.165) is 17.0 Å². The summed E-state index contributed by atoms with van der Waals surface area (Å²) in [6, 6.07) is 2.13. The number of Topliss-reactive ketones (excluding diaryl/α,β-unsaturated/α-hetero) is 2. The van der Waals surface area contributed by atoms with E-state index in [1.54, 1.807) is 0 Å². The van der Waals surface area contributed by atoms with Crippen molar-refractivity contribution in [1.29, 1.82) is 0 Å². The van der Waals surface area contributed by atoms with Crippen molar-refractivity contribution in [2.45, 2.75) is 6.42 Å². The zero-order valence-electron chi connectivity index (χ0n) is 10.9. The smallest absolute Gasteiger partial charge is 0.299 e. The summed E-state index contributed by atoms with van der Waals surface area (Å²) in [5, 5.41) is -0.229. The van der Waals surface area contributed by atoms with Crippen LogP contribution in [-0.4, -0.2) is 37.2 Å². The topological polar surface area (TPSA) is 63.7 Å². The number of amides is 1. The molecule has 0 aromatic heterocycles. The number of ether oxygens (including phenoxy) is 1. The molecule has 2 aliphatic rings. The Labute approximate surface area is 124 Å². The van der Waals surface area contributed by atoms with Gasteiger partial charge in [-0.25, -0.2) is 4.39 Å². The van der Waals surface area contributed by atoms with Crippen molar-refractivity contribution in [3.63, 3.8) is 0 Å². The van der Waals surface area contributed by atoms with Gasteiger partial charge in [-0.05, 0) is 18.6 Å². The van der Waals surface area contributed by atoms with Crippen LogP contribution in [0.1, 0.15) is 16.8 Å². The van der Waals surface area contributed by atoms with Crippen molar-refractivity contribution in [2.24, 2.45) is 5.92 Å². The fourth-order valence-electron chi connectivity index (χ4n) is 2.52. The van der Waals surface area contributed by atoms with E-state index in [9.17, 15) is 18.8 Å². The molecule has 2 heterocycles. The molecule has 7 heteroatoms. The number of hydrogen-bond donors (Lipinski definition) is 0. The second-order valence-corrected chi connectivity index (χ2v) is 5.44. The van der Waals surface area contributed by atoms with E-state index in [4.69, 9.17) is 16.3 Å². The van der Waals surface area contributed by atoms with Gasteiger partial charge >= 0.3 is 0 Å². The molecule has 1 fully saturated rings. The van der Waals surface area contributed by atoms with Gasteiger partial charge in [-0.2, -0.15) is 0 Å². The van der Waals surface area contributed by atoms with Crippen LogP contribution in [0.5, 0.6) is 0 Å². The van der Waals surface area contributed by atoms with E-state index in [1.807, 2.05) is 0 Å². The third kappa shape index (κ3) is 2.34. The monoisotopic (exact) mass is 311 g/mol. The van der Waals surface area contributed by atoms with Gasteiger partial charge in [0.1, 0.15) is 5.82 Å². The number of halogens is 2. The molecule has 1 atom stereocenters. The fourth-order valence-corrected chi connectivity index (χ4v) is 2.68. The first kappa shape index (κ1) is 14.2. The Morgan fingerprint density at radius 1 is 1.43 bits per heavy atom. The summed E-state index contributed by atoms with van der Waals surface area (Å²) in [6.07, 6.45) is 0.594. The van der Waals surface area contributed by atoms with Crippen molar-refractivity contribution in [3.8, 4) is 0 Å². The first-order chi connectivity index (χ1) is 9.99. The highest BCUT2D eigenvalue weighted by Gasteiger charge is 2.39. The lowest BCUT2D eigenvalue weighted by Gasteiger charge is -2.17. The van der Waals surface area contributed by atoms with Crippen LogP contribution in [0.15, 0.2) is 12.1 Å². The largest absolute Gasteiger partial charge is 0.381 e. The summed E-state index contributed by atoms with van der Waals surface area (Å²) in [4.78, 5) is 36.9. The Morgan fingerprint density at radius 3 is 2.86 bits per heavy atom. The van der Waals surface area contributed by atoms with Crippen LogP contribution in [0.3, 0.4) is 0 Å². The third-order valence-corrected chi connectivity index (χ3v) is 4.00. The quantitative estimate of drug-likeness (QED) is 0.796. The predicted molar refractivity (Wildman–Crippen MR) is 72.0 cm³/mol. The molecule has 2 aliphatic heterocycles. The standard InChI is InChI=1S/C14H11ClFNO4/c15-9-3-8-11(4-10(9)16)17(14(20)13(8)19)5-12(18)7-1-2-21-6-7/h3-4,7H,1-2,5-6H2. The molecule has 1 aromatic rings. The highest BCUT2D eigenvalue weighted by molar-refractivity contribution is 6.53. The lowest BCUT2D eigenvalue weighted by atomic mass is 10.0. The first-order valence-electron chi connectivity index (χ1n) is 6.44. The maximum Gasteiger partial charge on any atom is 0.299 e. The molecule has 3 rings (SSSR count). The van der Waals surface area contributed by atoms with Crippen LogP contribution in [0.4, 0.5) is 10.1 Å². The molecule has 0 radical (unpaired) electrons. The molecule has 0 saturated carbocycles. The number of fused-ring (bicyclic) bond motifs is 1. The number of rotatable bonds is 3. The second kappa shape index (κ2) is 5.20. The molecule has 110 valence electrons. The van der Waals surface area contributed by atoms with E-state index in [0.29, 0.717) is 19.6 Å². The lowest BCUT2D eigenvalue weighted by molar-refractivity contribution is -0.123. The SMILES string of the molecule is O=C1C(=O)N(CC(=O)C2CCOC2)c2cc(F)c(Cl)cc21. The van der Waals surface area contributed by atoms with Crippen molar-refractivity contribution in [2.75, 3.05) is 24.7 Å². The van der Waals surface area contributed by atoms with Gasteiger partial charge in [-0.1, -0.05) is 11.6 Å². The Bertz CT molecular complexity index is 655. The maximum absolute atomic E-state index is 13.6. The van der Waals surface area contributed by atoms with Gasteiger partial charge in [0.15, 0.2) is 5.78 Å². The van der Waals surface area contributed by atoms with E-state index >= 15 is 0 Å². The van der Waals surface area contributed by atoms with E-state index in [-0.39, 0.29) is 34.5 Å². The van der Waals surface area contributed by atoms with Crippen molar-refractivity contribution in [3.05, 3.63) is 28.5 Å². The minimum absolute atomic E-state index is 0.0295. The minimum Gasteiger partial charge on any atom is -0.381 e. The number of benzene rings is 1. The van der Waals surface area contributed by atoms with Gasteiger partial charge in [0.05, 0.1) is 29.4 Å². The average molecular weight is 312 g/mol. The zero-order chi connectivity index (χ0) is 15.1. The van der Waals surface area contributed by atoms with Crippen LogP contribution in [0, 0.1) is 11.7 Å². The van der Waals surface area contributed by atoms with Gasteiger partial charge < -0.3 is 4.74 Å². The number of ketones is 2. The molecule has 1 aromatic carbocycles. The molecular formula is C14H11ClFNO4. The summed E-state index contributed by atoms with van der Waals surface area (Å²) in [7, 11) is 0. The van der Waals surface area contributed by atoms with Crippen molar-refractivity contribution < 1.29 is 23.5 Å². The van der Waals surface area contributed by atoms with Gasteiger partial charge in [0.2, 0.25) is 0 Å². The normalized spacial score (nSPS) is 21.0. The minimum atomic E-state index is -0.834. The summed E-state index contributed by atoms with van der Waals surface area (Å²) in [6.45, 7) is 0.563. The third-order valence-electron chi connectivity index (χ3n) is 3.71. The van der Waals surface area contributed by atoms with Crippen LogP contribution >= 0.6 is 11.6 Å². The summed E-state index contributed by atoms with van der Waals surface area (Å²) in [5.74, 6) is -2.83. The maximum atomic E-state index is 13.6. The Morgan fingerprint density at radius 2 is 2.19 bits per heavy atom. The Hall–Kier alpha value is -1.79. The Kier molecular flexibility index (Phi) is 3.51. The summed E-state index contributed by atoms with van der Waals surface area (Å²) in [5.41, 5.74) is 0.126. The highest BCUT2D eigenvalue weighted by atomic mass is 35.5. The number of anilines is 1. The summed E-state index contributed by atoms with van der Waals surface area (Å²) >= 11 is 5.62. The molecule has 0 spiro atoms. The summed E-state index contributed by atoms with van der Waals surface area (Å²) < 4.78 is 18.7. The lowest BCUT2D eigenvalue weighted by Crippen LogP contribution is -2.37. The van der Waals surface area contributed by atoms with Gasteiger partial charge in [-0.3, -0.25) is 19.3 Å². The molecule has 1 saturated heterocycles. The molecule has 0 bridgehead atoms. The van der Waals surface area contributed by atoms with E-state index in [2.05, 4.69) is 0 Å². The second-order valence-electron chi connectivity index (χ2n) is 5.03. The average Bonchev–Trinajstić information content (AvgIpc) is 3.05. The number of carbonyl (C=O) groups excluding carboxylic acids is 3. The molecule has 21 heavy (non-hydrogen) atoms. The van der Waals surface area contributed by atoms with E-state index < -0.39 is 17.5 Å². The molecule has 1 unspecified atom stereocenters. The fraction of sp³-hybridized carbons (Fsp3) is 0.357. The first-order valence-corrected chi connectivity index (χ1v) is 6.82. The van der Waals surface area contributed by atoms with Crippen molar-refractivity contribution >= 4 is 34.8 Å². The molecule has 5 nitrogen and oxygen atoms in total. The van der Waals surface area contributed by atoms with Crippen LogP contribution in [-0.2, 0) is 14.3 Å². The number of carbonyl (C=O) groups is 3. The molecule has 1 amide bonds. The van der Waals surface area contributed by atoms with Crippen molar-refractivity contribution in [1.82, 2.24) is 0 Å². The zero-order valence-corrected chi connectivity index (χ0v) is 11.7. The molecule has 0 N–H and O–H groups in total. The molecular weight excluding hydrogens is 301 g/mol. The van der Waals surface area contributed by atoms with Gasteiger partial charge in [-0.15, -0.1) is 0 Å². The van der Waals surface area contributed by atoms with Crippen LogP contribution < -0.4 is 4.90 Å².